The molecule has 1 fully saturated rings. The van der Waals surface area contributed by atoms with E-state index in [0.717, 1.165) is 16.7 Å². The molecule has 19 heavy (non-hydrogen) atoms. The smallest absolute Gasteiger partial charge is 0.0860 e. The molecule has 2 rings (SSSR count). The van der Waals surface area contributed by atoms with Gasteiger partial charge in [0.2, 0.25) is 0 Å². The van der Waals surface area contributed by atoms with Gasteiger partial charge in [-0.15, -0.1) is 0 Å². The summed E-state index contributed by atoms with van der Waals surface area (Å²) in [4.78, 5) is 0. The number of hydrogen-bond acceptors (Lipinski definition) is 2. The van der Waals surface area contributed by atoms with Crippen molar-refractivity contribution in [1.82, 2.24) is 0 Å². The first-order chi connectivity index (χ1) is 8.82. The zero-order chi connectivity index (χ0) is 14.3. The SMILES string of the molecule is Cc1cc(Cl)c(C(O)C2C(C)OC(C)C2C)cc1C. The van der Waals surface area contributed by atoms with Crippen LogP contribution >= 0.6 is 11.6 Å². The van der Waals surface area contributed by atoms with E-state index in [1.165, 1.54) is 0 Å². The average molecular weight is 283 g/mol. The quantitative estimate of drug-likeness (QED) is 0.887. The van der Waals surface area contributed by atoms with E-state index in [-0.39, 0.29) is 18.1 Å². The second-order valence-corrected chi connectivity index (χ2v) is 6.29. The zero-order valence-corrected chi connectivity index (χ0v) is 13.0. The van der Waals surface area contributed by atoms with Crippen molar-refractivity contribution >= 4 is 11.6 Å². The number of ether oxygens (including phenoxy) is 1. The first-order valence-corrected chi connectivity index (χ1v) is 7.31. The molecule has 0 aliphatic carbocycles. The van der Waals surface area contributed by atoms with Crippen LogP contribution in [0.1, 0.15) is 43.6 Å². The molecule has 0 saturated carbocycles. The Morgan fingerprint density at radius 2 is 1.68 bits per heavy atom. The van der Waals surface area contributed by atoms with Gasteiger partial charge in [0.05, 0.1) is 18.3 Å². The Morgan fingerprint density at radius 1 is 1.11 bits per heavy atom. The van der Waals surface area contributed by atoms with E-state index in [9.17, 15) is 5.11 Å². The van der Waals surface area contributed by atoms with Gasteiger partial charge >= 0.3 is 0 Å². The number of rotatable bonds is 2. The van der Waals surface area contributed by atoms with Crippen molar-refractivity contribution in [2.45, 2.75) is 52.9 Å². The molecule has 1 aromatic carbocycles. The largest absolute Gasteiger partial charge is 0.388 e. The molecule has 106 valence electrons. The first-order valence-electron chi connectivity index (χ1n) is 6.93. The van der Waals surface area contributed by atoms with Crippen molar-refractivity contribution in [2.24, 2.45) is 11.8 Å². The lowest BCUT2D eigenvalue weighted by Crippen LogP contribution is -2.25. The van der Waals surface area contributed by atoms with Crippen LogP contribution in [0.5, 0.6) is 0 Å². The first kappa shape index (κ1) is 14.8. The molecule has 0 spiro atoms. The Morgan fingerprint density at radius 3 is 2.21 bits per heavy atom. The second-order valence-electron chi connectivity index (χ2n) is 5.89. The predicted octanol–water partition coefficient (Wildman–Crippen LogP) is 4.05. The van der Waals surface area contributed by atoms with Gasteiger partial charge in [0.25, 0.3) is 0 Å². The molecule has 1 aromatic rings. The number of aliphatic hydroxyl groups excluding tert-OH is 1. The van der Waals surface area contributed by atoms with Crippen LogP contribution in [0.25, 0.3) is 0 Å². The van der Waals surface area contributed by atoms with Gasteiger partial charge < -0.3 is 9.84 Å². The summed E-state index contributed by atoms with van der Waals surface area (Å²) in [5.74, 6) is 0.414. The van der Waals surface area contributed by atoms with Crippen molar-refractivity contribution in [1.29, 1.82) is 0 Å². The van der Waals surface area contributed by atoms with Crippen molar-refractivity contribution in [3.05, 3.63) is 33.8 Å². The van der Waals surface area contributed by atoms with Crippen molar-refractivity contribution < 1.29 is 9.84 Å². The molecule has 0 amide bonds. The minimum Gasteiger partial charge on any atom is -0.388 e. The summed E-state index contributed by atoms with van der Waals surface area (Å²) < 4.78 is 5.82. The van der Waals surface area contributed by atoms with Gasteiger partial charge in [-0.2, -0.15) is 0 Å². The highest BCUT2D eigenvalue weighted by Crippen LogP contribution is 2.42. The maximum absolute atomic E-state index is 10.7. The predicted molar refractivity (Wildman–Crippen MR) is 78.5 cm³/mol. The molecule has 0 bridgehead atoms. The third-order valence-electron chi connectivity index (χ3n) is 4.62. The number of aliphatic hydroxyl groups is 1. The summed E-state index contributed by atoms with van der Waals surface area (Å²) in [6.45, 7) is 10.3. The van der Waals surface area contributed by atoms with E-state index in [0.29, 0.717) is 10.9 Å². The summed E-state index contributed by atoms with van der Waals surface area (Å²) in [6.07, 6.45) is -0.334. The molecule has 1 saturated heterocycles. The van der Waals surface area contributed by atoms with Gasteiger partial charge in [0.1, 0.15) is 0 Å². The molecule has 1 aliphatic rings. The highest BCUT2D eigenvalue weighted by Gasteiger charge is 2.42. The number of benzene rings is 1. The van der Waals surface area contributed by atoms with Crippen LogP contribution in [0, 0.1) is 25.7 Å². The number of halogens is 1. The van der Waals surface area contributed by atoms with Crippen molar-refractivity contribution in [2.75, 3.05) is 0 Å². The maximum atomic E-state index is 10.7. The third kappa shape index (κ3) is 2.67. The fraction of sp³-hybridized carbons (Fsp3) is 0.625. The van der Waals surface area contributed by atoms with Crippen LogP contribution < -0.4 is 0 Å². The normalized spacial score (nSPS) is 32.6. The van der Waals surface area contributed by atoms with Crippen LogP contribution in [0.4, 0.5) is 0 Å². The van der Waals surface area contributed by atoms with Crippen LogP contribution in [0.2, 0.25) is 5.02 Å². The fourth-order valence-electron chi connectivity index (χ4n) is 3.08. The Labute approximate surface area is 120 Å². The summed E-state index contributed by atoms with van der Waals surface area (Å²) in [7, 11) is 0. The Kier molecular flexibility index (Phi) is 4.24. The van der Waals surface area contributed by atoms with Crippen LogP contribution in [-0.4, -0.2) is 17.3 Å². The van der Waals surface area contributed by atoms with Gasteiger partial charge in [-0.25, -0.2) is 0 Å². The van der Waals surface area contributed by atoms with Gasteiger partial charge in [-0.1, -0.05) is 24.6 Å². The highest BCUT2D eigenvalue weighted by molar-refractivity contribution is 6.31. The molecule has 1 N–H and O–H groups in total. The van der Waals surface area contributed by atoms with Crippen molar-refractivity contribution in [3.8, 4) is 0 Å². The monoisotopic (exact) mass is 282 g/mol. The van der Waals surface area contributed by atoms with E-state index < -0.39 is 6.10 Å². The topological polar surface area (TPSA) is 29.5 Å². The van der Waals surface area contributed by atoms with E-state index in [1.54, 1.807) is 0 Å². The van der Waals surface area contributed by atoms with Crippen LogP contribution in [0.3, 0.4) is 0 Å². The minimum atomic E-state index is -0.568. The third-order valence-corrected chi connectivity index (χ3v) is 4.94. The van der Waals surface area contributed by atoms with E-state index >= 15 is 0 Å². The molecule has 1 heterocycles. The zero-order valence-electron chi connectivity index (χ0n) is 12.3. The molecule has 0 radical (unpaired) electrons. The maximum Gasteiger partial charge on any atom is 0.0860 e. The van der Waals surface area contributed by atoms with E-state index in [2.05, 4.69) is 13.8 Å². The standard InChI is InChI=1S/C16H23ClO2/c1-8-6-13(14(17)7-9(8)2)16(18)15-10(3)11(4)19-12(15)5/h6-7,10-12,15-16,18H,1-5H3. The van der Waals surface area contributed by atoms with Crippen molar-refractivity contribution in [3.63, 3.8) is 0 Å². The van der Waals surface area contributed by atoms with Gasteiger partial charge in [-0.05, 0) is 56.4 Å². The van der Waals surface area contributed by atoms with Crippen LogP contribution in [0.15, 0.2) is 12.1 Å². The van der Waals surface area contributed by atoms with Crippen LogP contribution in [-0.2, 0) is 4.74 Å². The molecule has 3 heteroatoms. The summed E-state index contributed by atoms with van der Waals surface area (Å²) in [5, 5.41) is 11.4. The lowest BCUT2D eigenvalue weighted by Gasteiger charge is -2.26. The summed E-state index contributed by atoms with van der Waals surface area (Å²) in [5.41, 5.74) is 3.13. The van der Waals surface area contributed by atoms with Gasteiger partial charge in [-0.3, -0.25) is 0 Å². The van der Waals surface area contributed by atoms with Gasteiger partial charge in [0, 0.05) is 10.9 Å². The number of hydrogen-bond donors (Lipinski definition) is 1. The fourth-order valence-corrected chi connectivity index (χ4v) is 3.41. The Bertz CT molecular complexity index is 472. The molecule has 2 nitrogen and oxygen atoms in total. The summed E-state index contributed by atoms with van der Waals surface area (Å²) in [6, 6.07) is 3.94. The minimum absolute atomic E-state index is 0.0534. The molecular weight excluding hydrogens is 260 g/mol. The second kappa shape index (κ2) is 5.43. The Hall–Kier alpha value is -0.570. The van der Waals surface area contributed by atoms with E-state index in [1.807, 2.05) is 32.9 Å². The lowest BCUT2D eigenvalue weighted by atomic mass is 9.81. The van der Waals surface area contributed by atoms with E-state index in [4.69, 9.17) is 16.3 Å². The Balaban J connectivity index is 2.34. The molecule has 5 unspecified atom stereocenters. The lowest BCUT2D eigenvalue weighted by molar-refractivity contribution is 0.0231. The molecule has 1 aliphatic heterocycles. The number of aryl methyl sites for hydroxylation is 2. The average Bonchev–Trinajstić information content (AvgIpc) is 2.57. The molecular formula is C16H23ClO2. The highest BCUT2D eigenvalue weighted by atomic mass is 35.5. The van der Waals surface area contributed by atoms with Gasteiger partial charge in [0.15, 0.2) is 0 Å². The molecule has 0 aromatic heterocycles. The molecule has 5 atom stereocenters. The summed E-state index contributed by atoms with van der Waals surface area (Å²) >= 11 is 6.31.